The topological polar surface area (TPSA) is 76.1 Å². The van der Waals surface area contributed by atoms with E-state index < -0.39 is 17.7 Å². The van der Waals surface area contributed by atoms with E-state index in [2.05, 4.69) is 0 Å². The number of hydrogen-bond donors (Lipinski definition) is 1. The van der Waals surface area contributed by atoms with Crippen LogP contribution in [0.3, 0.4) is 0 Å². The fraction of sp³-hybridized carbons (Fsp3) is 0.241. The summed E-state index contributed by atoms with van der Waals surface area (Å²) in [5.74, 6) is -0.192. The lowest BCUT2D eigenvalue weighted by Gasteiger charge is -2.26. The molecule has 6 nitrogen and oxygen atoms in total. The van der Waals surface area contributed by atoms with E-state index >= 15 is 0 Å². The number of aryl methyl sites for hydroxylation is 3. The molecule has 1 N–H and O–H groups in total. The van der Waals surface area contributed by atoms with Gasteiger partial charge in [-0.15, -0.1) is 0 Å². The average molecular weight is 472 g/mol. The van der Waals surface area contributed by atoms with Gasteiger partial charge in [-0.1, -0.05) is 42.0 Å². The Kier molecular flexibility index (Phi) is 6.65. The number of ether oxygens (including phenoxy) is 2. The van der Waals surface area contributed by atoms with Crippen molar-refractivity contribution >= 4 is 17.4 Å². The van der Waals surface area contributed by atoms with Crippen LogP contribution in [0.4, 0.5) is 0 Å². The maximum atomic E-state index is 13.4. The van der Waals surface area contributed by atoms with Crippen molar-refractivity contribution in [1.82, 2.24) is 4.90 Å². The van der Waals surface area contributed by atoms with Gasteiger partial charge in [0.2, 0.25) is 0 Å². The number of aliphatic hydroxyl groups is 1. The second-order valence-electron chi connectivity index (χ2n) is 8.83. The van der Waals surface area contributed by atoms with E-state index in [1.807, 2.05) is 75.4 Å². The molecule has 4 rings (SSSR count). The predicted octanol–water partition coefficient (Wildman–Crippen LogP) is 5.25. The number of hydrogen-bond acceptors (Lipinski definition) is 5. The fourth-order valence-electron chi connectivity index (χ4n) is 4.61. The molecule has 0 aromatic heterocycles. The molecule has 0 aliphatic carbocycles. The Balaban J connectivity index is 1.89. The van der Waals surface area contributed by atoms with E-state index in [-0.39, 0.29) is 17.9 Å². The molecule has 180 valence electrons. The molecule has 0 radical (unpaired) electrons. The lowest BCUT2D eigenvalue weighted by Crippen LogP contribution is -2.29. The van der Waals surface area contributed by atoms with Crippen molar-refractivity contribution in [1.29, 1.82) is 0 Å². The van der Waals surface area contributed by atoms with Gasteiger partial charge in [0.25, 0.3) is 11.7 Å². The molecule has 3 aromatic rings. The number of aliphatic hydroxyl groups excluding tert-OH is 1. The quantitative estimate of drug-likeness (QED) is 0.302. The highest BCUT2D eigenvalue weighted by Gasteiger charge is 2.46. The number of carbonyl (C=O) groups excluding carboxylic acids is 2. The highest BCUT2D eigenvalue weighted by Crippen LogP contribution is 2.41. The van der Waals surface area contributed by atoms with Crippen molar-refractivity contribution in [3.63, 3.8) is 0 Å². The third-order valence-electron chi connectivity index (χ3n) is 6.38. The fourth-order valence-corrected chi connectivity index (χ4v) is 4.61. The van der Waals surface area contributed by atoms with Crippen LogP contribution in [-0.2, 0) is 16.1 Å². The molecule has 3 aromatic carbocycles. The van der Waals surface area contributed by atoms with Crippen LogP contribution in [0.2, 0.25) is 0 Å². The number of rotatable bonds is 6. The first-order chi connectivity index (χ1) is 16.7. The van der Waals surface area contributed by atoms with Gasteiger partial charge in [-0.3, -0.25) is 9.59 Å². The van der Waals surface area contributed by atoms with Crippen LogP contribution in [0, 0.1) is 20.8 Å². The minimum Gasteiger partial charge on any atom is -0.507 e. The Labute approximate surface area is 205 Å². The van der Waals surface area contributed by atoms with Crippen molar-refractivity contribution in [3.05, 3.63) is 99.6 Å². The molecule has 1 aliphatic rings. The summed E-state index contributed by atoms with van der Waals surface area (Å²) in [5, 5.41) is 11.5. The molecule has 0 bridgehead atoms. The monoisotopic (exact) mass is 471 g/mol. The standard InChI is InChI=1S/C29H29NO5/c1-17-8-6-10-21(12-17)26-25(27(31)23-13-19(3)24(35-5)14-18(23)2)28(32)29(33)30(26)16-20-9-7-11-22(15-20)34-4/h6-15,26,31H,16H2,1-5H3/b27-25+. The summed E-state index contributed by atoms with van der Waals surface area (Å²) < 4.78 is 10.7. The second-order valence-corrected chi connectivity index (χ2v) is 8.83. The van der Waals surface area contributed by atoms with Crippen LogP contribution in [0.1, 0.15) is 39.4 Å². The summed E-state index contributed by atoms with van der Waals surface area (Å²) in [5.41, 5.74) is 4.71. The van der Waals surface area contributed by atoms with E-state index in [0.29, 0.717) is 17.1 Å². The van der Waals surface area contributed by atoms with Gasteiger partial charge in [-0.25, -0.2) is 0 Å². The third kappa shape index (κ3) is 4.52. The number of benzene rings is 3. The molecule has 1 heterocycles. The number of amides is 1. The zero-order chi connectivity index (χ0) is 25.3. The lowest BCUT2D eigenvalue weighted by atomic mass is 9.92. The average Bonchev–Trinajstić information content (AvgIpc) is 3.09. The normalized spacial score (nSPS) is 17.1. The first-order valence-corrected chi connectivity index (χ1v) is 11.4. The van der Waals surface area contributed by atoms with Crippen LogP contribution >= 0.6 is 0 Å². The number of nitrogens with zero attached hydrogens (tertiary/aromatic N) is 1. The highest BCUT2D eigenvalue weighted by atomic mass is 16.5. The van der Waals surface area contributed by atoms with Crippen molar-refractivity contribution in [2.45, 2.75) is 33.4 Å². The number of likely N-dealkylation sites (tertiary alicyclic amines) is 1. The molecule has 1 aliphatic heterocycles. The van der Waals surface area contributed by atoms with Gasteiger partial charge in [0.05, 0.1) is 25.8 Å². The van der Waals surface area contributed by atoms with Crippen LogP contribution in [0.5, 0.6) is 11.5 Å². The Bertz CT molecular complexity index is 1340. The van der Waals surface area contributed by atoms with Crippen LogP contribution in [0.15, 0.2) is 66.2 Å². The number of ketones is 1. The van der Waals surface area contributed by atoms with Gasteiger partial charge in [0.15, 0.2) is 0 Å². The van der Waals surface area contributed by atoms with Gasteiger partial charge in [0.1, 0.15) is 17.3 Å². The van der Waals surface area contributed by atoms with Crippen LogP contribution < -0.4 is 9.47 Å². The Hall–Kier alpha value is -4.06. The van der Waals surface area contributed by atoms with Gasteiger partial charge in [-0.05, 0) is 67.3 Å². The highest BCUT2D eigenvalue weighted by molar-refractivity contribution is 6.46. The van der Waals surface area contributed by atoms with E-state index in [0.717, 1.165) is 27.8 Å². The minimum atomic E-state index is -0.733. The maximum absolute atomic E-state index is 13.4. The molecule has 1 atom stereocenters. The van der Waals surface area contributed by atoms with E-state index in [9.17, 15) is 14.7 Å². The van der Waals surface area contributed by atoms with Crippen molar-refractivity contribution in [3.8, 4) is 11.5 Å². The first kappa shape index (κ1) is 24.1. The molecular formula is C29H29NO5. The molecule has 0 spiro atoms. The molecule has 1 unspecified atom stereocenters. The van der Waals surface area contributed by atoms with Gasteiger partial charge >= 0.3 is 0 Å². The minimum absolute atomic E-state index is 0.0798. The Morgan fingerprint density at radius 3 is 2.34 bits per heavy atom. The summed E-state index contributed by atoms with van der Waals surface area (Å²) in [7, 11) is 3.17. The summed E-state index contributed by atoms with van der Waals surface area (Å²) in [4.78, 5) is 28.2. The van der Waals surface area contributed by atoms with Crippen molar-refractivity contribution in [2.75, 3.05) is 14.2 Å². The van der Waals surface area contributed by atoms with Crippen LogP contribution in [0.25, 0.3) is 5.76 Å². The number of Topliss-reactive ketones (excluding diaryl/α,β-unsaturated/α-hetero) is 1. The SMILES string of the molecule is COc1cccc(CN2C(=O)C(=O)/C(=C(/O)c3cc(C)c(OC)cc3C)C2c2cccc(C)c2)c1. The zero-order valence-electron chi connectivity index (χ0n) is 20.6. The smallest absolute Gasteiger partial charge is 0.295 e. The summed E-state index contributed by atoms with van der Waals surface area (Å²) in [6, 6.07) is 17.9. The van der Waals surface area contributed by atoms with Gasteiger partial charge in [-0.2, -0.15) is 0 Å². The van der Waals surface area contributed by atoms with Crippen LogP contribution in [-0.4, -0.2) is 35.9 Å². The second kappa shape index (κ2) is 9.66. The molecule has 1 amide bonds. The van der Waals surface area contributed by atoms with E-state index in [1.165, 1.54) is 4.90 Å². The van der Waals surface area contributed by atoms with E-state index in [4.69, 9.17) is 9.47 Å². The lowest BCUT2D eigenvalue weighted by molar-refractivity contribution is -0.140. The molecule has 1 fully saturated rings. The largest absolute Gasteiger partial charge is 0.507 e. The molecule has 35 heavy (non-hydrogen) atoms. The van der Waals surface area contributed by atoms with Gasteiger partial charge in [0, 0.05) is 12.1 Å². The van der Waals surface area contributed by atoms with Gasteiger partial charge < -0.3 is 19.5 Å². The third-order valence-corrected chi connectivity index (χ3v) is 6.38. The Morgan fingerprint density at radius 1 is 0.914 bits per heavy atom. The molecule has 0 saturated carbocycles. The zero-order valence-corrected chi connectivity index (χ0v) is 20.6. The van der Waals surface area contributed by atoms with E-state index in [1.54, 1.807) is 20.3 Å². The number of methoxy groups -OCH3 is 2. The maximum Gasteiger partial charge on any atom is 0.295 e. The first-order valence-electron chi connectivity index (χ1n) is 11.4. The predicted molar refractivity (Wildman–Crippen MR) is 134 cm³/mol. The molecule has 1 saturated heterocycles. The summed E-state index contributed by atoms with van der Waals surface area (Å²) >= 11 is 0. The molecular weight excluding hydrogens is 442 g/mol. The Morgan fingerprint density at radius 2 is 1.66 bits per heavy atom. The summed E-state index contributed by atoms with van der Waals surface area (Å²) in [6.45, 7) is 5.85. The van der Waals surface area contributed by atoms with Crippen molar-refractivity contribution < 1.29 is 24.2 Å². The summed E-state index contributed by atoms with van der Waals surface area (Å²) in [6.07, 6.45) is 0. The number of carbonyl (C=O) groups is 2. The molecule has 6 heteroatoms. The van der Waals surface area contributed by atoms with Crippen molar-refractivity contribution in [2.24, 2.45) is 0 Å².